The lowest BCUT2D eigenvalue weighted by molar-refractivity contribution is -0.113. The maximum absolute atomic E-state index is 13.7. The van der Waals surface area contributed by atoms with Crippen molar-refractivity contribution in [3.05, 3.63) is 90.7 Å². The molecule has 33 heavy (non-hydrogen) atoms. The summed E-state index contributed by atoms with van der Waals surface area (Å²) >= 11 is 4.57. The molecular weight excluding hydrogens is 642 g/mol. The van der Waals surface area contributed by atoms with E-state index in [0.29, 0.717) is 5.57 Å². The van der Waals surface area contributed by atoms with Crippen molar-refractivity contribution >= 4 is 73.8 Å². The zero-order valence-corrected chi connectivity index (χ0v) is 22.2. The van der Waals surface area contributed by atoms with E-state index in [9.17, 15) is 4.79 Å². The molecule has 6 nitrogen and oxygen atoms in total. The summed E-state index contributed by atoms with van der Waals surface area (Å²) in [6, 6.07) is 21.3. The molecule has 0 radical (unpaired) electrons. The minimum absolute atomic E-state index is 0.152. The summed E-state index contributed by atoms with van der Waals surface area (Å²) in [4.78, 5) is 18.4. The van der Waals surface area contributed by atoms with Crippen LogP contribution in [0.5, 0.6) is 5.75 Å². The number of methoxy groups -OCH3 is 1. The SMILES string of the molecule is COc1c(I)cc([C@H]2C(C(=O)Nc3ccccc3)=C(C)Nc3nc4ccccc4n32)cc1I. The molecule has 0 unspecified atom stereocenters. The van der Waals surface area contributed by atoms with E-state index < -0.39 is 0 Å². The number of fused-ring (bicyclic) bond motifs is 3. The predicted octanol–water partition coefficient (Wildman–Crippen LogP) is 6.18. The number of ether oxygens (including phenoxy) is 1. The molecule has 1 aromatic heterocycles. The van der Waals surface area contributed by atoms with E-state index >= 15 is 0 Å². The molecule has 1 aliphatic rings. The summed E-state index contributed by atoms with van der Waals surface area (Å²) in [6.45, 7) is 1.93. The van der Waals surface area contributed by atoms with Crippen molar-refractivity contribution in [2.45, 2.75) is 13.0 Å². The Kier molecular flexibility index (Phi) is 6.04. The van der Waals surface area contributed by atoms with E-state index in [1.165, 1.54) is 0 Å². The van der Waals surface area contributed by atoms with Gasteiger partial charge in [0, 0.05) is 11.4 Å². The second-order valence-electron chi connectivity index (χ2n) is 7.70. The van der Waals surface area contributed by atoms with E-state index in [-0.39, 0.29) is 11.9 Å². The quantitative estimate of drug-likeness (QED) is 0.257. The Morgan fingerprint density at radius 2 is 1.73 bits per heavy atom. The van der Waals surface area contributed by atoms with E-state index in [0.717, 1.165) is 46.8 Å². The van der Waals surface area contributed by atoms with Crippen LogP contribution < -0.4 is 15.4 Å². The Bertz CT molecular complexity index is 1390. The van der Waals surface area contributed by atoms with Crippen molar-refractivity contribution in [3.8, 4) is 5.75 Å². The molecule has 2 N–H and O–H groups in total. The van der Waals surface area contributed by atoms with Crippen LogP contribution in [-0.2, 0) is 4.79 Å². The third-order valence-corrected chi connectivity index (χ3v) is 7.25. The molecule has 1 amide bonds. The third kappa shape index (κ3) is 3.99. The first-order valence-corrected chi connectivity index (χ1v) is 12.5. The number of imidazole rings is 1. The second-order valence-corrected chi connectivity index (χ2v) is 10.0. The topological polar surface area (TPSA) is 68.2 Å². The molecule has 0 spiro atoms. The molecule has 0 saturated carbocycles. The Labute approximate surface area is 218 Å². The molecule has 0 bridgehead atoms. The number of anilines is 2. The smallest absolute Gasteiger partial charge is 0.255 e. The first-order valence-electron chi connectivity index (χ1n) is 10.3. The van der Waals surface area contributed by atoms with Crippen LogP contribution in [0.1, 0.15) is 18.5 Å². The number of amides is 1. The number of halogens is 2. The fourth-order valence-electron chi connectivity index (χ4n) is 4.23. The third-order valence-electron chi connectivity index (χ3n) is 5.65. The maximum Gasteiger partial charge on any atom is 0.255 e. The number of rotatable bonds is 4. The van der Waals surface area contributed by atoms with Crippen molar-refractivity contribution in [2.24, 2.45) is 0 Å². The van der Waals surface area contributed by atoms with Gasteiger partial charge >= 0.3 is 0 Å². The number of para-hydroxylation sites is 3. The molecule has 166 valence electrons. The number of carbonyl (C=O) groups is 1. The number of carbonyl (C=O) groups excluding carboxylic acids is 1. The molecule has 0 saturated heterocycles. The number of benzene rings is 3. The zero-order chi connectivity index (χ0) is 23.1. The van der Waals surface area contributed by atoms with Crippen LogP contribution in [-0.4, -0.2) is 22.6 Å². The van der Waals surface area contributed by atoms with Gasteiger partial charge in [0.2, 0.25) is 5.95 Å². The van der Waals surface area contributed by atoms with Crippen molar-refractivity contribution in [3.63, 3.8) is 0 Å². The van der Waals surface area contributed by atoms with Crippen molar-refractivity contribution in [1.29, 1.82) is 0 Å². The van der Waals surface area contributed by atoms with Crippen molar-refractivity contribution in [1.82, 2.24) is 9.55 Å². The van der Waals surface area contributed by atoms with E-state index in [4.69, 9.17) is 9.72 Å². The van der Waals surface area contributed by atoms with E-state index in [1.807, 2.05) is 61.5 Å². The molecular formula is C25H20I2N4O2. The van der Waals surface area contributed by atoms with Crippen molar-refractivity contribution < 1.29 is 9.53 Å². The highest BCUT2D eigenvalue weighted by Crippen LogP contribution is 2.41. The van der Waals surface area contributed by atoms with Crippen LogP contribution in [0.4, 0.5) is 11.6 Å². The maximum atomic E-state index is 13.7. The first kappa shape index (κ1) is 22.2. The molecule has 3 aromatic carbocycles. The number of hydrogen-bond acceptors (Lipinski definition) is 4. The average Bonchev–Trinajstić information content (AvgIpc) is 3.16. The highest BCUT2D eigenvalue weighted by molar-refractivity contribution is 14.1. The lowest BCUT2D eigenvalue weighted by Crippen LogP contribution is -2.31. The Morgan fingerprint density at radius 3 is 2.42 bits per heavy atom. The molecule has 0 fully saturated rings. The van der Waals surface area contributed by atoms with Gasteiger partial charge in [-0.25, -0.2) is 4.98 Å². The summed E-state index contributed by atoms with van der Waals surface area (Å²) in [5, 5.41) is 6.43. The van der Waals surface area contributed by atoms with Gasteiger partial charge in [0.15, 0.2) is 0 Å². The minimum Gasteiger partial charge on any atom is -0.495 e. The molecule has 2 heterocycles. The lowest BCUT2D eigenvalue weighted by Gasteiger charge is -2.31. The number of allylic oxidation sites excluding steroid dienone is 1. The zero-order valence-electron chi connectivity index (χ0n) is 17.9. The highest BCUT2D eigenvalue weighted by atomic mass is 127. The highest BCUT2D eigenvalue weighted by Gasteiger charge is 2.34. The van der Waals surface area contributed by atoms with E-state index in [1.54, 1.807) is 7.11 Å². The van der Waals surface area contributed by atoms with Crippen LogP contribution in [0.15, 0.2) is 78.0 Å². The van der Waals surface area contributed by atoms with Gasteiger partial charge in [-0.1, -0.05) is 30.3 Å². The monoisotopic (exact) mass is 662 g/mol. The average molecular weight is 662 g/mol. The van der Waals surface area contributed by atoms with Crippen LogP contribution >= 0.6 is 45.2 Å². The van der Waals surface area contributed by atoms with Gasteiger partial charge < -0.3 is 15.4 Å². The fraction of sp³-hybridized carbons (Fsp3) is 0.120. The van der Waals surface area contributed by atoms with Gasteiger partial charge in [-0.2, -0.15) is 0 Å². The molecule has 5 rings (SSSR count). The minimum atomic E-state index is -0.356. The number of aromatic nitrogens is 2. The van der Waals surface area contributed by atoms with Crippen LogP contribution in [0.2, 0.25) is 0 Å². The number of hydrogen-bond donors (Lipinski definition) is 2. The number of nitrogens with zero attached hydrogens (tertiary/aromatic N) is 2. The van der Waals surface area contributed by atoms with Gasteiger partial charge in [0.05, 0.1) is 36.9 Å². The van der Waals surface area contributed by atoms with Gasteiger partial charge in [-0.05, 0) is 94.1 Å². The van der Waals surface area contributed by atoms with Gasteiger partial charge in [0.1, 0.15) is 5.75 Å². The second kappa shape index (κ2) is 8.98. The Balaban J connectivity index is 1.71. The predicted molar refractivity (Wildman–Crippen MR) is 148 cm³/mol. The fourth-order valence-corrected chi connectivity index (χ4v) is 6.48. The summed E-state index contributed by atoms with van der Waals surface area (Å²) < 4.78 is 9.66. The molecule has 8 heteroatoms. The molecule has 4 aromatic rings. The lowest BCUT2D eigenvalue weighted by atomic mass is 9.94. The summed E-state index contributed by atoms with van der Waals surface area (Å²) in [5.74, 6) is 1.40. The van der Waals surface area contributed by atoms with Gasteiger partial charge in [-0.15, -0.1) is 0 Å². The summed E-state index contributed by atoms with van der Waals surface area (Å²) in [7, 11) is 1.67. The summed E-state index contributed by atoms with van der Waals surface area (Å²) in [6.07, 6.45) is 0. The molecule has 1 atom stereocenters. The standard InChI is InChI=1S/C25H20I2N4O2/c1-14-21(24(32)29-16-8-4-3-5-9-16)22(15-12-17(26)23(33-2)18(27)13-15)31-20-11-7-6-10-19(20)30-25(31)28-14/h3-13,22H,1-2H3,(H,28,30)(H,29,32)/t22-/m0/s1. The van der Waals surface area contributed by atoms with Crippen LogP contribution in [0.3, 0.4) is 0 Å². The van der Waals surface area contributed by atoms with Crippen LogP contribution in [0, 0.1) is 7.14 Å². The van der Waals surface area contributed by atoms with Gasteiger partial charge in [0.25, 0.3) is 5.91 Å². The van der Waals surface area contributed by atoms with E-state index in [2.05, 4.69) is 72.5 Å². The Morgan fingerprint density at radius 1 is 1.06 bits per heavy atom. The number of nitrogens with one attached hydrogen (secondary N) is 2. The largest absolute Gasteiger partial charge is 0.495 e. The van der Waals surface area contributed by atoms with Gasteiger partial charge in [-0.3, -0.25) is 9.36 Å². The summed E-state index contributed by atoms with van der Waals surface area (Å²) in [5.41, 5.74) is 5.00. The normalized spacial score (nSPS) is 15.2. The Hall–Kier alpha value is -2.60. The first-order chi connectivity index (χ1) is 16.0. The molecule has 1 aliphatic heterocycles. The van der Waals surface area contributed by atoms with Crippen LogP contribution in [0.25, 0.3) is 11.0 Å². The van der Waals surface area contributed by atoms with Crippen molar-refractivity contribution in [2.75, 3.05) is 17.7 Å². The molecule has 0 aliphatic carbocycles.